The Hall–Kier alpha value is -4.53. The normalized spacial score (nSPS) is 11.1. The molecule has 1 amide bonds. The van der Waals surface area contributed by atoms with Gasteiger partial charge in [-0.2, -0.15) is 0 Å². The minimum absolute atomic E-state index is 0.101. The van der Waals surface area contributed by atoms with Crippen molar-refractivity contribution < 1.29 is 14.3 Å². The smallest absolute Gasteiger partial charge is 0.329 e. The minimum atomic E-state index is -0.317. The Kier molecular flexibility index (Phi) is 5.97. The van der Waals surface area contributed by atoms with E-state index in [1.165, 1.54) is 4.57 Å². The van der Waals surface area contributed by atoms with Gasteiger partial charge in [-0.05, 0) is 43.3 Å². The molecule has 0 saturated carbocycles. The number of methoxy groups -OCH3 is 1. The van der Waals surface area contributed by atoms with Gasteiger partial charge in [-0.15, -0.1) is 0 Å². The van der Waals surface area contributed by atoms with Gasteiger partial charge in [0.2, 0.25) is 5.91 Å². The maximum Gasteiger partial charge on any atom is 0.329 e. The van der Waals surface area contributed by atoms with Crippen LogP contribution in [0.15, 0.2) is 77.9 Å². The van der Waals surface area contributed by atoms with Gasteiger partial charge in [0, 0.05) is 30.7 Å². The van der Waals surface area contributed by atoms with Crippen molar-refractivity contribution in [1.29, 1.82) is 0 Å². The summed E-state index contributed by atoms with van der Waals surface area (Å²) in [6.45, 7) is 2.57. The summed E-state index contributed by atoms with van der Waals surface area (Å²) in [6, 6.07) is 18.4. The topological polar surface area (TPSA) is 91.8 Å². The molecule has 0 spiro atoms. The second-order valence-electron chi connectivity index (χ2n) is 8.00. The van der Waals surface area contributed by atoms with E-state index in [1.807, 2.05) is 66.2 Å². The monoisotopic (exact) mass is 471 g/mol. The second kappa shape index (κ2) is 9.38. The molecule has 0 saturated heterocycles. The number of anilines is 1. The SMILES string of the molecule is CCn1c(=O)n(CC(=O)Nc2ccc(OC)c(OCc3cn4ccccc4n3)c2)c2ccccc21. The van der Waals surface area contributed by atoms with Crippen LogP contribution in [0.3, 0.4) is 0 Å². The lowest BCUT2D eigenvalue weighted by Gasteiger charge is -2.12. The number of hydrogen-bond donors (Lipinski definition) is 1. The Morgan fingerprint density at radius 2 is 1.77 bits per heavy atom. The molecule has 0 bridgehead atoms. The molecule has 5 rings (SSSR count). The van der Waals surface area contributed by atoms with Crippen molar-refractivity contribution in [3.05, 3.63) is 89.2 Å². The van der Waals surface area contributed by atoms with E-state index < -0.39 is 0 Å². The van der Waals surface area contributed by atoms with E-state index in [9.17, 15) is 9.59 Å². The summed E-state index contributed by atoms with van der Waals surface area (Å²) in [6.07, 6.45) is 3.82. The summed E-state index contributed by atoms with van der Waals surface area (Å²) in [4.78, 5) is 30.2. The number of benzene rings is 2. The molecule has 2 aromatic carbocycles. The molecule has 9 heteroatoms. The largest absolute Gasteiger partial charge is 0.493 e. The Bertz CT molecular complexity index is 1550. The summed E-state index contributed by atoms with van der Waals surface area (Å²) in [5, 5.41) is 2.86. The molecular weight excluding hydrogens is 446 g/mol. The zero-order valence-corrected chi connectivity index (χ0v) is 19.5. The van der Waals surface area contributed by atoms with Crippen LogP contribution >= 0.6 is 0 Å². The number of para-hydroxylation sites is 2. The molecule has 1 N–H and O–H groups in total. The molecule has 178 valence electrons. The first kappa shape index (κ1) is 22.3. The standard InChI is InChI=1S/C26H25N5O4/c1-3-30-20-8-4-5-9-21(20)31(26(30)33)16-25(32)28-18-11-12-22(34-2)23(14-18)35-17-19-15-29-13-7-6-10-24(29)27-19/h4-15H,3,16-17H2,1-2H3,(H,28,32). The zero-order chi connectivity index (χ0) is 24.4. The van der Waals surface area contributed by atoms with E-state index >= 15 is 0 Å². The number of aromatic nitrogens is 4. The van der Waals surface area contributed by atoms with Gasteiger partial charge in [-0.25, -0.2) is 9.78 Å². The van der Waals surface area contributed by atoms with Crippen LogP contribution in [0, 0.1) is 0 Å². The van der Waals surface area contributed by atoms with E-state index in [0.29, 0.717) is 23.7 Å². The third-order valence-corrected chi connectivity index (χ3v) is 5.78. The van der Waals surface area contributed by atoms with Crippen LogP contribution in [0.5, 0.6) is 11.5 Å². The highest BCUT2D eigenvalue weighted by atomic mass is 16.5. The maximum atomic E-state index is 12.9. The van der Waals surface area contributed by atoms with Gasteiger partial charge in [0.15, 0.2) is 11.5 Å². The number of amides is 1. The summed E-state index contributed by atoms with van der Waals surface area (Å²) in [5.41, 5.74) is 3.45. The van der Waals surface area contributed by atoms with Crippen LogP contribution in [0.1, 0.15) is 12.6 Å². The molecule has 0 radical (unpaired) electrons. The molecule has 0 unspecified atom stereocenters. The highest BCUT2D eigenvalue weighted by Gasteiger charge is 2.15. The first-order valence-corrected chi connectivity index (χ1v) is 11.3. The predicted octanol–water partition coefficient (Wildman–Crippen LogP) is 3.70. The fraction of sp³-hybridized carbons (Fsp3) is 0.192. The lowest BCUT2D eigenvalue weighted by molar-refractivity contribution is -0.116. The van der Waals surface area contributed by atoms with Crippen LogP contribution < -0.4 is 20.5 Å². The average Bonchev–Trinajstić information content (AvgIpc) is 3.41. The van der Waals surface area contributed by atoms with E-state index in [0.717, 1.165) is 22.4 Å². The highest BCUT2D eigenvalue weighted by Crippen LogP contribution is 2.31. The fourth-order valence-corrected chi connectivity index (χ4v) is 4.15. The Morgan fingerprint density at radius 3 is 2.51 bits per heavy atom. The van der Waals surface area contributed by atoms with Crippen LogP contribution in [-0.2, 0) is 24.5 Å². The zero-order valence-electron chi connectivity index (χ0n) is 19.5. The number of fused-ring (bicyclic) bond motifs is 2. The predicted molar refractivity (Wildman–Crippen MR) is 133 cm³/mol. The number of carbonyl (C=O) groups is 1. The molecule has 0 fully saturated rings. The molecule has 0 aliphatic heterocycles. The summed E-state index contributed by atoms with van der Waals surface area (Å²) in [5.74, 6) is 0.693. The third-order valence-electron chi connectivity index (χ3n) is 5.78. The van der Waals surface area contributed by atoms with Crippen molar-refractivity contribution in [2.45, 2.75) is 26.6 Å². The molecule has 0 atom stereocenters. The van der Waals surface area contributed by atoms with Crippen molar-refractivity contribution in [1.82, 2.24) is 18.5 Å². The number of carbonyl (C=O) groups excluding carboxylic acids is 1. The molecule has 5 aromatic rings. The van der Waals surface area contributed by atoms with Gasteiger partial charge in [0.05, 0.1) is 23.8 Å². The Balaban J connectivity index is 1.33. The fourth-order valence-electron chi connectivity index (χ4n) is 4.15. The number of nitrogens with zero attached hydrogens (tertiary/aromatic N) is 4. The molecule has 0 aliphatic rings. The van der Waals surface area contributed by atoms with Crippen molar-refractivity contribution in [3.63, 3.8) is 0 Å². The summed E-state index contributed by atoms with van der Waals surface area (Å²) < 4.78 is 16.4. The third kappa shape index (κ3) is 4.35. The first-order valence-electron chi connectivity index (χ1n) is 11.3. The molecule has 0 aliphatic carbocycles. The van der Waals surface area contributed by atoms with Crippen LogP contribution in [0.4, 0.5) is 5.69 Å². The second-order valence-corrected chi connectivity index (χ2v) is 8.00. The number of ether oxygens (including phenoxy) is 2. The molecule has 9 nitrogen and oxygen atoms in total. The van der Waals surface area contributed by atoms with Crippen molar-refractivity contribution in [2.24, 2.45) is 0 Å². The van der Waals surface area contributed by atoms with Crippen LogP contribution in [-0.4, -0.2) is 31.5 Å². The van der Waals surface area contributed by atoms with E-state index in [-0.39, 0.29) is 24.7 Å². The van der Waals surface area contributed by atoms with Gasteiger partial charge in [0.1, 0.15) is 18.8 Å². The van der Waals surface area contributed by atoms with Crippen molar-refractivity contribution in [2.75, 3.05) is 12.4 Å². The van der Waals surface area contributed by atoms with Crippen LogP contribution in [0.2, 0.25) is 0 Å². The lowest BCUT2D eigenvalue weighted by Crippen LogP contribution is -2.29. The Labute approximate surface area is 201 Å². The quantitative estimate of drug-likeness (QED) is 0.373. The molecular formula is C26H25N5O4. The van der Waals surface area contributed by atoms with E-state index in [2.05, 4.69) is 10.3 Å². The summed E-state index contributed by atoms with van der Waals surface area (Å²) >= 11 is 0. The van der Waals surface area contributed by atoms with E-state index in [1.54, 1.807) is 29.9 Å². The molecule has 3 heterocycles. The van der Waals surface area contributed by atoms with Gasteiger partial charge >= 0.3 is 5.69 Å². The first-order chi connectivity index (χ1) is 17.1. The van der Waals surface area contributed by atoms with E-state index in [4.69, 9.17) is 9.47 Å². The minimum Gasteiger partial charge on any atom is -0.493 e. The number of imidazole rings is 2. The number of rotatable bonds is 8. The Morgan fingerprint density at radius 1 is 1.00 bits per heavy atom. The number of hydrogen-bond acceptors (Lipinski definition) is 5. The highest BCUT2D eigenvalue weighted by molar-refractivity contribution is 5.92. The molecule has 35 heavy (non-hydrogen) atoms. The van der Waals surface area contributed by atoms with Crippen molar-refractivity contribution in [3.8, 4) is 11.5 Å². The number of nitrogens with one attached hydrogen (secondary N) is 1. The van der Waals surface area contributed by atoms with Gasteiger partial charge < -0.3 is 19.2 Å². The number of pyridine rings is 1. The maximum absolute atomic E-state index is 12.9. The number of aryl methyl sites for hydroxylation is 1. The van der Waals surface area contributed by atoms with Gasteiger partial charge in [-0.1, -0.05) is 18.2 Å². The van der Waals surface area contributed by atoms with Gasteiger partial charge in [0.25, 0.3) is 0 Å². The summed E-state index contributed by atoms with van der Waals surface area (Å²) in [7, 11) is 1.56. The lowest BCUT2D eigenvalue weighted by atomic mass is 10.2. The average molecular weight is 472 g/mol. The molecule has 3 aromatic heterocycles. The van der Waals surface area contributed by atoms with Gasteiger partial charge in [-0.3, -0.25) is 13.9 Å². The van der Waals surface area contributed by atoms with Crippen LogP contribution in [0.25, 0.3) is 16.7 Å². The van der Waals surface area contributed by atoms with Crippen molar-refractivity contribution >= 4 is 28.3 Å².